The van der Waals surface area contributed by atoms with Crippen molar-refractivity contribution in [3.63, 3.8) is 0 Å². The standard InChI is InChI=1S/C14H12O4/c1-8(9-4-11(16)6-12(17)5-9)13-3-2-10(15)7-14(13)18/h2-7,15-18H,1H2. The summed E-state index contributed by atoms with van der Waals surface area (Å²) in [5, 5.41) is 37.7. The van der Waals surface area contributed by atoms with Crippen LogP contribution in [-0.4, -0.2) is 20.4 Å². The van der Waals surface area contributed by atoms with Crippen LogP contribution in [0.25, 0.3) is 5.57 Å². The zero-order valence-corrected chi connectivity index (χ0v) is 9.46. The van der Waals surface area contributed by atoms with Crippen LogP contribution in [-0.2, 0) is 0 Å². The zero-order valence-electron chi connectivity index (χ0n) is 9.46. The zero-order chi connectivity index (χ0) is 13.3. The number of phenols is 4. The van der Waals surface area contributed by atoms with Gasteiger partial charge < -0.3 is 20.4 Å². The third-order valence-corrected chi connectivity index (χ3v) is 2.56. The van der Waals surface area contributed by atoms with Crippen molar-refractivity contribution in [2.75, 3.05) is 0 Å². The molecule has 0 amide bonds. The van der Waals surface area contributed by atoms with Crippen LogP contribution in [0.2, 0.25) is 0 Å². The second kappa shape index (κ2) is 4.33. The van der Waals surface area contributed by atoms with Crippen LogP contribution in [0.1, 0.15) is 11.1 Å². The highest BCUT2D eigenvalue weighted by Crippen LogP contribution is 2.34. The summed E-state index contributed by atoms with van der Waals surface area (Å²) in [6.45, 7) is 3.80. The van der Waals surface area contributed by atoms with Gasteiger partial charge in [-0.3, -0.25) is 0 Å². The van der Waals surface area contributed by atoms with Crippen molar-refractivity contribution in [2.45, 2.75) is 0 Å². The van der Waals surface area contributed by atoms with E-state index in [0.717, 1.165) is 0 Å². The largest absolute Gasteiger partial charge is 0.508 e. The summed E-state index contributed by atoms with van der Waals surface area (Å²) in [5.41, 5.74) is 1.32. The Morgan fingerprint density at radius 1 is 0.778 bits per heavy atom. The second-order valence-corrected chi connectivity index (χ2v) is 3.92. The van der Waals surface area contributed by atoms with Gasteiger partial charge in [0.15, 0.2) is 0 Å². The van der Waals surface area contributed by atoms with Crippen molar-refractivity contribution in [3.05, 3.63) is 54.1 Å². The molecule has 4 heteroatoms. The van der Waals surface area contributed by atoms with E-state index in [2.05, 4.69) is 6.58 Å². The molecule has 0 saturated heterocycles. The van der Waals surface area contributed by atoms with Crippen LogP contribution in [0.4, 0.5) is 0 Å². The first-order valence-corrected chi connectivity index (χ1v) is 5.22. The molecule has 4 N–H and O–H groups in total. The Morgan fingerprint density at radius 3 is 1.94 bits per heavy atom. The minimum atomic E-state index is -0.122. The molecular formula is C14H12O4. The lowest BCUT2D eigenvalue weighted by molar-refractivity contribution is 0.447. The van der Waals surface area contributed by atoms with E-state index in [0.29, 0.717) is 16.7 Å². The molecule has 0 heterocycles. The Morgan fingerprint density at radius 2 is 1.39 bits per heavy atom. The summed E-state index contributed by atoms with van der Waals surface area (Å²) >= 11 is 0. The van der Waals surface area contributed by atoms with Gasteiger partial charge in [0.05, 0.1) is 0 Å². The van der Waals surface area contributed by atoms with Gasteiger partial charge >= 0.3 is 0 Å². The average molecular weight is 244 g/mol. The van der Waals surface area contributed by atoms with Gasteiger partial charge in [0.1, 0.15) is 23.0 Å². The summed E-state index contributed by atoms with van der Waals surface area (Å²) < 4.78 is 0. The van der Waals surface area contributed by atoms with E-state index in [1.165, 1.54) is 36.4 Å². The normalized spacial score (nSPS) is 10.2. The summed E-state index contributed by atoms with van der Waals surface area (Å²) in [5.74, 6) is -0.362. The van der Waals surface area contributed by atoms with Crippen molar-refractivity contribution in [1.82, 2.24) is 0 Å². The number of hydrogen-bond acceptors (Lipinski definition) is 4. The van der Waals surface area contributed by atoms with Crippen molar-refractivity contribution in [2.24, 2.45) is 0 Å². The van der Waals surface area contributed by atoms with E-state index >= 15 is 0 Å². The van der Waals surface area contributed by atoms with Crippen molar-refractivity contribution >= 4 is 5.57 Å². The first kappa shape index (κ1) is 11.9. The molecule has 0 radical (unpaired) electrons. The maximum absolute atomic E-state index is 9.72. The van der Waals surface area contributed by atoms with Gasteiger partial charge in [0.2, 0.25) is 0 Å². The molecule has 0 unspecified atom stereocenters. The molecule has 0 aliphatic rings. The molecule has 92 valence electrons. The minimum Gasteiger partial charge on any atom is -0.508 e. The SMILES string of the molecule is C=C(c1cc(O)cc(O)c1)c1ccc(O)cc1O. The molecule has 2 rings (SSSR count). The number of benzene rings is 2. The smallest absolute Gasteiger partial charge is 0.127 e. The fraction of sp³-hybridized carbons (Fsp3) is 0. The number of aromatic hydroxyl groups is 4. The van der Waals surface area contributed by atoms with Gasteiger partial charge in [-0.1, -0.05) is 6.58 Å². The maximum atomic E-state index is 9.72. The van der Waals surface area contributed by atoms with Crippen LogP contribution in [0.3, 0.4) is 0 Å². The van der Waals surface area contributed by atoms with E-state index in [-0.39, 0.29) is 23.0 Å². The monoisotopic (exact) mass is 244 g/mol. The fourth-order valence-electron chi connectivity index (χ4n) is 1.70. The first-order valence-electron chi connectivity index (χ1n) is 5.22. The van der Waals surface area contributed by atoms with Crippen LogP contribution in [0.5, 0.6) is 23.0 Å². The molecule has 2 aromatic carbocycles. The Balaban J connectivity index is 2.47. The molecule has 0 aliphatic heterocycles. The van der Waals surface area contributed by atoms with Gasteiger partial charge in [-0.15, -0.1) is 0 Å². The van der Waals surface area contributed by atoms with E-state index < -0.39 is 0 Å². The highest BCUT2D eigenvalue weighted by molar-refractivity contribution is 5.82. The Labute approximate surface area is 104 Å². The molecule has 0 bridgehead atoms. The summed E-state index contributed by atoms with van der Waals surface area (Å²) in [7, 11) is 0. The van der Waals surface area contributed by atoms with Crippen LogP contribution in [0.15, 0.2) is 43.0 Å². The molecule has 0 aliphatic carbocycles. The Kier molecular flexibility index (Phi) is 2.85. The summed E-state index contributed by atoms with van der Waals surface area (Å²) in [6.07, 6.45) is 0. The highest BCUT2D eigenvalue weighted by atomic mass is 16.3. The lowest BCUT2D eigenvalue weighted by atomic mass is 9.98. The Bertz CT molecular complexity index is 597. The topological polar surface area (TPSA) is 80.9 Å². The molecule has 18 heavy (non-hydrogen) atoms. The fourth-order valence-corrected chi connectivity index (χ4v) is 1.70. The average Bonchev–Trinajstić information content (AvgIpc) is 2.26. The lowest BCUT2D eigenvalue weighted by Gasteiger charge is -2.09. The number of phenolic OH excluding ortho intramolecular Hbond substituents is 4. The predicted octanol–water partition coefficient (Wildman–Crippen LogP) is 2.57. The molecular weight excluding hydrogens is 232 g/mol. The quantitative estimate of drug-likeness (QED) is 0.654. The van der Waals surface area contributed by atoms with Crippen molar-refractivity contribution in [1.29, 1.82) is 0 Å². The van der Waals surface area contributed by atoms with Crippen LogP contribution in [0, 0.1) is 0 Å². The van der Waals surface area contributed by atoms with Crippen molar-refractivity contribution in [3.8, 4) is 23.0 Å². The first-order chi connectivity index (χ1) is 8.47. The highest BCUT2D eigenvalue weighted by Gasteiger charge is 2.10. The Hall–Kier alpha value is -2.62. The third-order valence-electron chi connectivity index (χ3n) is 2.56. The summed E-state index contributed by atoms with van der Waals surface area (Å²) in [6, 6.07) is 8.18. The minimum absolute atomic E-state index is 0.0530. The maximum Gasteiger partial charge on any atom is 0.127 e. The van der Waals surface area contributed by atoms with E-state index in [4.69, 9.17) is 0 Å². The van der Waals surface area contributed by atoms with E-state index in [9.17, 15) is 20.4 Å². The van der Waals surface area contributed by atoms with Crippen LogP contribution < -0.4 is 0 Å². The molecule has 0 atom stereocenters. The third kappa shape index (κ3) is 2.22. The molecule has 4 nitrogen and oxygen atoms in total. The predicted molar refractivity (Wildman–Crippen MR) is 67.7 cm³/mol. The van der Waals surface area contributed by atoms with Gasteiger partial charge in [-0.05, 0) is 35.4 Å². The summed E-state index contributed by atoms with van der Waals surface area (Å²) in [4.78, 5) is 0. The van der Waals surface area contributed by atoms with Gasteiger partial charge in [-0.2, -0.15) is 0 Å². The molecule has 0 fully saturated rings. The van der Waals surface area contributed by atoms with Gasteiger partial charge in [0, 0.05) is 17.7 Å². The van der Waals surface area contributed by atoms with Gasteiger partial charge in [-0.25, -0.2) is 0 Å². The van der Waals surface area contributed by atoms with Crippen molar-refractivity contribution < 1.29 is 20.4 Å². The molecule has 2 aromatic rings. The van der Waals surface area contributed by atoms with E-state index in [1.807, 2.05) is 0 Å². The number of hydrogen-bond donors (Lipinski definition) is 4. The van der Waals surface area contributed by atoms with E-state index in [1.54, 1.807) is 0 Å². The molecule has 0 aromatic heterocycles. The number of rotatable bonds is 2. The molecule has 0 saturated carbocycles. The lowest BCUT2D eigenvalue weighted by Crippen LogP contribution is -1.87. The van der Waals surface area contributed by atoms with Gasteiger partial charge in [0.25, 0.3) is 0 Å². The molecule has 0 spiro atoms. The van der Waals surface area contributed by atoms with Crippen LogP contribution >= 0.6 is 0 Å². The second-order valence-electron chi connectivity index (χ2n) is 3.92.